The molecule has 0 saturated heterocycles. The lowest BCUT2D eigenvalue weighted by molar-refractivity contribution is -0.385. The summed E-state index contributed by atoms with van der Waals surface area (Å²) in [5.74, 6) is -0.791. The van der Waals surface area contributed by atoms with Gasteiger partial charge in [-0.1, -0.05) is 0 Å². The lowest BCUT2D eigenvalue weighted by Crippen LogP contribution is -2.28. The second-order valence-corrected chi connectivity index (χ2v) is 6.06. The zero-order valence-corrected chi connectivity index (χ0v) is 15.7. The third-order valence-corrected chi connectivity index (χ3v) is 4.19. The number of nitro groups is 1. The van der Waals surface area contributed by atoms with Crippen molar-refractivity contribution in [2.24, 2.45) is 0 Å². The average molecular weight is 412 g/mol. The van der Waals surface area contributed by atoms with E-state index in [2.05, 4.69) is 5.32 Å². The minimum absolute atomic E-state index is 0.0630. The highest BCUT2D eigenvalue weighted by molar-refractivity contribution is 5.94. The Morgan fingerprint density at radius 2 is 1.86 bits per heavy atom. The molecule has 2 aromatic rings. The van der Waals surface area contributed by atoms with E-state index in [4.69, 9.17) is 0 Å². The number of nitrogens with zero attached hydrogens (tertiary/aromatic N) is 3. The van der Waals surface area contributed by atoms with E-state index < -0.39 is 34.7 Å². The zero-order chi connectivity index (χ0) is 21.8. The number of carbonyl (C=O) groups excluding carboxylic acids is 1. The van der Waals surface area contributed by atoms with Gasteiger partial charge in [0.05, 0.1) is 28.1 Å². The van der Waals surface area contributed by atoms with Gasteiger partial charge in [-0.25, -0.2) is 0 Å². The summed E-state index contributed by atoms with van der Waals surface area (Å²) in [5.41, 5.74) is -1.65. The van der Waals surface area contributed by atoms with E-state index in [1.165, 1.54) is 6.07 Å². The lowest BCUT2D eigenvalue weighted by Gasteiger charge is -2.25. The second-order valence-electron chi connectivity index (χ2n) is 6.06. The van der Waals surface area contributed by atoms with Crippen LogP contribution in [0.15, 0.2) is 41.3 Å². The summed E-state index contributed by atoms with van der Waals surface area (Å²) in [6, 6.07) is 4.96. The Labute approximate surface area is 163 Å². The Bertz CT molecular complexity index is 968. The summed E-state index contributed by atoms with van der Waals surface area (Å²) < 4.78 is 40.1. The first kappa shape index (κ1) is 21.9. The first-order chi connectivity index (χ1) is 13.6. The number of aromatic nitrogens is 1. The molecule has 156 valence electrons. The van der Waals surface area contributed by atoms with E-state index in [1.54, 1.807) is 4.90 Å². The maximum Gasteiger partial charge on any atom is 0.416 e. The van der Waals surface area contributed by atoms with Gasteiger partial charge < -0.3 is 10.2 Å². The van der Waals surface area contributed by atoms with E-state index in [1.807, 2.05) is 13.8 Å². The van der Waals surface area contributed by atoms with Crippen LogP contribution >= 0.6 is 0 Å². The van der Waals surface area contributed by atoms with Gasteiger partial charge in [0.1, 0.15) is 6.54 Å². The second kappa shape index (κ2) is 8.76. The van der Waals surface area contributed by atoms with Crippen molar-refractivity contribution in [3.8, 4) is 0 Å². The summed E-state index contributed by atoms with van der Waals surface area (Å²) in [6.45, 7) is 4.03. The molecule has 2 rings (SSSR count). The van der Waals surface area contributed by atoms with Crippen molar-refractivity contribution >= 4 is 23.0 Å². The van der Waals surface area contributed by atoms with Crippen molar-refractivity contribution < 1.29 is 22.9 Å². The predicted molar refractivity (Wildman–Crippen MR) is 101 cm³/mol. The maximum atomic E-state index is 13.1. The largest absolute Gasteiger partial charge is 0.416 e. The first-order valence-corrected chi connectivity index (χ1v) is 8.67. The number of halogens is 3. The molecule has 11 heteroatoms. The number of benzene rings is 1. The number of anilines is 2. The number of rotatable bonds is 7. The fourth-order valence-corrected chi connectivity index (χ4v) is 2.75. The highest BCUT2D eigenvalue weighted by Crippen LogP contribution is 2.35. The normalized spacial score (nSPS) is 11.2. The summed E-state index contributed by atoms with van der Waals surface area (Å²) in [4.78, 5) is 36.1. The van der Waals surface area contributed by atoms with Gasteiger partial charge in [-0.3, -0.25) is 24.3 Å². The Morgan fingerprint density at radius 3 is 2.41 bits per heavy atom. The highest BCUT2D eigenvalue weighted by atomic mass is 19.4. The molecule has 1 aromatic carbocycles. The lowest BCUT2D eigenvalue weighted by atomic mass is 10.1. The van der Waals surface area contributed by atoms with Crippen LogP contribution in [-0.4, -0.2) is 28.5 Å². The predicted octanol–water partition coefficient (Wildman–Crippen LogP) is 3.26. The number of hydrogen-bond donors (Lipinski definition) is 1. The molecule has 0 unspecified atom stereocenters. The first-order valence-electron chi connectivity index (χ1n) is 8.67. The highest BCUT2D eigenvalue weighted by Gasteiger charge is 2.31. The molecule has 0 aliphatic carbocycles. The van der Waals surface area contributed by atoms with Crippen LogP contribution in [0.4, 0.5) is 30.2 Å². The molecule has 0 bridgehead atoms. The Morgan fingerprint density at radius 1 is 1.21 bits per heavy atom. The molecular weight excluding hydrogens is 393 g/mol. The number of alkyl halides is 3. The molecule has 0 atom stereocenters. The van der Waals surface area contributed by atoms with Gasteiger partial charge in [0, 0.05) is 25.2 Å². The van der Waals surface area contributed by atoms with Gasteiger partial charge in [-0.2, -0.15) is 13.2 Å². The monoisotopic (exact) mass is 412 g/mol. The van der Waals surface area contributed by atoms with Crippen LogP contribution in [0.3, 0.4) is 0 Å². The maximum absolute atomic E-state index is 13.1. The van der Waals surface area contributed by atoms with Gasteiger partial charge in [0.15, 0.2) is 0 Å². The standard InChI is InChI=1S/C18H19F3N4O4/c1-3-23(4-2)15-7-5-12(18(19,20)21)9-14(15)22-16(26)11-24-10-13(25(28)29)6-8-17(24)27/h5-10H,3-4,11H2,1-2H3,(H,22,26). The fraction of sp³-hybridized carbons (Fsp3) is 0.333. The summed E-state index contributed by atoms with van der Waals surface area (Å²) in [6.07, 6.45) is -3.70. The number of amides is 1. The van der Waals surface area contributed by atoms with Crippen molar-refractivity contribution in [1.82, 2.24) is 4.57 Å². The van der Waals surface area contributed by atoms with Crippen molar-refractivity contribution in [3.05, 3.63) is 62.6 Å². The molecule has 0 radical (unpaired) electrons. The molecular formula is C18H19F3N4O4. The molecule has 1 amide bonds. The molecule has 0 fully saturated rings. The van der Waals surface area contributed by atoms with Crippen molar-refractivity contribution in [2.45, 2.75) is 26.6 Å². The van der Waals surface area contributed by atoms with E-state index in [0.29, 0.717) is 18.8 Å². The minimum Gasteiger partial charge on any atom is -0.370 e. The third kappa shape index (κ3) is 5.33. The molecule has 0 spiro atoms. The molecule has 1 aromatic heterocycles. The molecule has 0 saturated carbocycles. The van der Waals surface area contributed by atoms with Gasteiger partial charge >= 0.3 is 6.18 Å². The molecule has 29 heavy (non-hydrogen) atoms. The average Bonchev–Trinajstić information content (AvgIpc) is 2.64. The fourth-order valence-electron chi connectivity index (χ4n) is 2.75. The SMILES string of the molecule is CCN(CC)c1ccc(C(F)(F)F)cc1NC(=O)Cn1cc([N+](=O)[O-])ccc1=O. The van der Waals surface area contributed by atoms with E-state index >= 15 is 0 Å². The van der Waals surface area contributed by atoms with Gasteiger partial charge in [0.25, 0.3) is 11.2 Å². The smallest absolute Gasteiger partial charge is 0.370 e. The Kier molecular flexibility index (Phi) is 6.62. The van der Waals surface area contributed by atoms with Crippen molar-refractivity contribution in [3.63, 3.8) is 0 Å². The number of nitrogens with one attached hydrogen (secondary N) is 1. The van der Waals surface area contributed by atoms with Gasteiger partial charge in [-0.05, 0) is 32.0 Å². The van der Waals surface area contributed by atoms with Crippen LogP contribution in [0.25, 0.3) is 0 Å². The number of hydrogen-bond acceptors (Lipinski definition) is 5. The quantitative estimate of drug-likeness (QED) is 0.556. The summed E-state index contributed by atoms with van der Waals surface area (Å²) in [5, 5.41) is 13.2. The van der Waals surface area contributed by atoms with E-state index in [9.17, 15) is 32.9 Å². The van der Waals surface area contributed by atoms with E-state index in [0.717, 1.165) is 35.0 Å². The summed E-state index contributed by atoms with van der Waals surface area (Å²) >= 11 is 0. The number of pyridine rings is 1. The van der Waals surface area contributed by atoms with Crippen LogP contribution in [-0.2, 0) is 17.5 Å². The molecule has 8 nitrogen and oxygen atoms in total. The topological polar surface area (TPSA) is 97.5 Å². The third-order valence-electron chi connectivity index (χ3n) is 4.19. The van der Waals surface area contributed by atoms with Crippen molar-refractivity contribution in [2.75, 3.05) is 23.3 Å². The minimum atomic E-state index is -4.60. The zero-order valence-electron chi connectivity index (χ0n) is 15.7. The Balaban J connectivity index is 2.36. The summed E-state index contributed by atoms with van der Waals surface area (Å²) in [7, 11) is 0. The van der Waals surface area contributed by atoms with Crippen LogP contribution < -0.4 is 15.8 Å². The molecule has 0 aliphatic rings. The van der Waals surface area contributed by atoms with E-state index in [-0.39, 0.29) is 11.4 Å². The number of carbonyl (C=O) groups is 1. The van der Waals surface area contributed by atoms with Gasteiger partial charge in [0.2, 0.25) is 5.91 Å². The Hall–Kier alpha value is -3.37. The van der Waals surface area contributed by atoms with Crippen LogP contribution in [0.5, 0.6) is 0 Å². The van der Waals surface area contributed by atoms with Crippen LogP contribution in [0.2, 0.25) is 0 Å². The molecule has 1 N–H and O–H groups in total. The molecule has 1 heterocycles. The van der Waals surface area contributed by atoms with Gasteiger partial charge in [-0.15, -0.1) is 0 Å². The van der Waals surface area contributed by atoms with Crippen molar-refractivity contribution in [1.29, 1.82) is 0 Å². The van der Waals surface area contributed by atoms with Crippen LogP contribution in [0, 0.1) is 10.1 Å². The molecule has 0 aliphatic heterocycles. The van der Waals surface area contributed by atoms with Crippen LogP contribution in [0.1, 0.15) is 19.4 Å².